The fourth-order valence-corrected chi connectivity index (χ4v) is 13.3. The van der Waals surface area contributed by atoms with E-state index < -0.39 is 102 Å². The number of benzene rings is 1. The van der Waals surface area contributed by atoms with Crippen LogP contribution in [0.5, 0.6) is 0 Å². The normalized spacial score (nSPS) is 36.5. The van der Waals surface area contributed by atoms with Crippen LogP contribution in [0.15, 0.2) is 29.2 Å². The number of methoxy groups -OCH3 is 2. The van der Waals surface area contributed by atoms with Crippen molar-refractivity contribution in [2.45, 2.75) is 212 Å². The Morgan fingerprint density at radius 2 is 1.57 bits per heavy atom. The molecule has 4 fully saturated rings. The fourth-order valence-electron chi connectivity index (χ4n) is 13.3. The molecule has 6 rings (SSSR count). The van der Waals surface area contributed by atoms with Crippen LogP contribution in [-0.4, -0.2) is 235 Å². The van der Waals surface area contributed by atoms with Crippen LogP contribution in [0.4, 0.5) is 0 Å². The molecule has 5 heterocycles. The third-order valence-electron chi connectivity index (χ3n) is 18.2. The van der Waals surface area contributed by atoms with E-state index in [0.29, 0.717) is 56.6 Å². The van der Waals surface area contributed by atoms with Crippen molar-refractivity contribution in [3.8, 4) is 11.8 Å². The minimum absolute atomic E-state index is 0.00244. The van der Waals surface area contributed by atoms with Gasteiger partial charge in [0.1, 0.15) is 35.1 Å². The summed E-state index contributed by atoms with van der Waals surface area (Å²) in [7, 11) is 8.79. The molecular weight excluding hydrogens is 1080 g/mol. The van der Waals surface area contributed by atoms with Crippen LogP contribution in [0, 0.1) is 29.6 Å². The van der Waals surface area contributed by atoms with E-state index in [2.05, 4.69) is 26.5 Å². The lowest BCUT2D eigenvalue weighted by molar-refractivity contribution is -0.318. The Labute approximate surface area is 498 Å². The number of ether oxygens (including phenoxy) is 9. The maximum Gasteiger partial charge on any atom is 0.343 e. The molecule has 474 valence electrons. The third-order valence-corrected chi connectivity index (χ3v) is 18.2. The quantitative estimate of drug-likeness (QED) is 0.118. The molecule has 3 N–H and O–H groups in total. The number of cyclic esters (lactones) is 1. The first kappa shape index (κ1) is 69.0. The first-order valence-electron chi connectivity index (χ1n) is 30.4. The molecular formula is C63H101N5O16. The maximum atomic E-state index is 14.8. The third kappa shape index (κ3) is 16.3. The standard InChI is InChI=1S/C63H101N5O16/c1-18-49-63(12,75)56(76-16)42(8)65(15)36-38(4)34-61(10,74)55(84-60-53(71)48(64(13)14)32-39(5)79-60)40(6)54(41(7)58(72)81-49)83-51-35-62(11,77-17)57(43(9)80-51)82-50(69)25-27-67-30-28-66(29-31-67)26-21-22-44-23-24-47-45(33-44)52(70)46(37-68(47)19-2)59(73)78-20-3/h23-24,33,37-43,48-49,51,53-57,60,71,74-75H,18-20,25-32,34-36H2,1-17H3/t38-,39-,40+,41-,42-,43+,48+,49-,51+,53-,54+,55-,56-,57+,60+,61-,62-,63-/m1/s1. The lowest BCUT2D eigenvalue weighted by atomic mass is 9.77. The molecule has 84 heavy (non-hydrogen) atoms. The zero-order valence-electron chi connectivity index (χ0n) is 53.3. The van der Waals surface area contributed by atoms with E-state index in [0.717, 1.165) is 18.6 Å². The van der Waals surface area contributed by atoms with Crippen molar-refractivity contribution in [1.82, 2.24) is 24.2 Å². The van der Waals surface area contributed by atoms with Crippen LogP contribution in [-0.2, 0) is 58.8 Å². The molecule has 0 saturated carbocycles. The Bertz CT molecular complexity index is 2630. The number of hydrogen-bond donors (Lipinski definition) is 3. The van der Waals surface area contributed by atoms with Crippen molar-refractivity contribution < 1.29 is 72.3 Å². The highest BCUT2D eigenvalue weighted by atomic mass is 16.7. The highest BCUT2D eigenvalue weighted by Gasteiger charge is 2.54. The molecule has 0 amide bonds. The molecule has 4 aliphatic rings. The number of hydrogen-bond acceptors (Lipinski definition) is 20. The van der Waals surface area contributed by atoms with Crippen molar-refractivity contribution in [2.75, 3.05) is 87.8 Å². The Morgan fingerprint density at radius 3 is 2.19 bits per heavy atom. The topological polar surface area (TPSA) is 230 Å². The predicted molar refractivity (Wildman–Crippen MR) is 317 cm³/mol. The van der Waals surface area contributed by atoms with Gasteiger partial charge in [-0.25, -0.2) is 4.79 Å². The maximum absolute atomic E-state index is 14.8. The highest BCUT2D eigenvalue weighted by Crippen LogP contribution is 2.41. The second kappa shape index (κ2) is 29.7. The van der Waals surface area contributed by atoms with Gasteiger partial charge in [-0.05, 0) is 127 Å². The number of piperazine rings is 1. The molecule has 0 spiro atoms. The lowest BCUT2D eigenvalue weighted by Crippen LogP contribution is -2.61. The number of pyridine rings is 1. The summed E-state index contributed by atoms with van der Waals surface area (Å²) in [6.07, 6.45) is -6.28. The summed E-state index contributed by atoms with van der Waals surface area (Å²) < 4.78 is 58.5. The number of aromatic nitrogens is 1. The van der Waals surface area contributed by atoms with Gasteiger partial charge in [0.25, 0.3) is 0 Å². The molecule has 0 bridgehead atoms. The molecule has 18 atom stereocenters. The average molecular weight is 1180 g/mol. The van der Waals surface area contributed by atoms with Gasteiger partial charge in [0.05, 0.1) is 61.0 Å². The number of nitrogens with zero attached hydrogens (tertiary/aromatic N) is 5. The van der Waals surface area contributed by atoms with Gasteiger partial charge >= 0.3 is 17.9 Å². The second-order valence-electron chi connectivity index (χ2n) is 25.1. The van der Waals surface area contributed by atoms with Gasteiger partial charge in [0, 0.05) is 102 Å². The van der Waals surface area contributed by atoms with E-state index in [9.17, 15) is 34.5 Å². The largest absolute Gasteiger partial charge is 0.462 e. The number of esters is 3. The minimum atomic E-state index is -1.63. The number of likely N-dealkylation sites (N-methyl/N-ethyl adjacent to an activating group) is 2. The summed E-state index contributed by atoms with van der Waals surface area (Å²) in [6, 6.07) is 4.81. The van der Waals surface area contributed by atoms with Gasteiger partial charge in [0.15, 0.2) is 18.7 Å². The summed E-state index contributed by atoms with van der Waals surface area (Å²) in [5, 5.41) is 37.4. The summed E-state index contributed by atoms with van der Waals surface area (Å²) >= 11 is 0. The summed E-state index contributed by atoms with van der Waals surface area (Å²) in [4.78, 5) is 62.9. The van der Waals surface area contributed by atoms with E-state index in [1.807, 2.05) is 91.2 Å². The Hall–Kier alpha value is -4.12. The van der Waals surface area contributed by atoms with E-state index >= 15 is 0 Å². The Balaban J connectivity index is 1.15. The van der Waals surface area contributed by atoms with Gasteiger partial charge in [-0.3, -0.25) is 19.3 Å². The van der Waals surface area contributed by atoms with Gasteiger partial charge < -0.3 is 77.2 Å². The van der Waals surface area contributed by atoms with Crippen LogP contribution >= 0.6 is 0 Å². The summed E-state index contributed by atoms with van der Waals surface area (Å²) in [6.45, 7) is 27.0. The van der Waals surface area contributed by atoms with Crippen LogP contribution < -0.4 is 5.43 Å². The molecule has 0 radical (unpaired) electrons. The SMILES string of the molecule is CCOC(=O)c1cn(CC)c2ccc(C#CCN3CCN(CCC(=O)O[C@H]4[C@H](C)O[C@@H](O[C@H]5[C@H](C)[C@@H](O[C@@H]6O[C@H](C)C[C@H](N(C)C)[C@H]6O)[C@](C)(O)C[C@@H](C)CN(C)[C@H](C)[C@@H](OC)[C@](C)(O)[C@@H](CC)OC(=O)[C@@H]5C)C[C@@]4(C)OC)CC3)cc2c1=O. The zero-order chi connectivity index (χ0) is 62.2. The molecule has 1 aromatic heterocycles. The van der Waals surface area contributed by atoms with E-state index in [-0.39, 0.29) is 67.4 Å². The number of fused-ring (bicyclic) bond motifs is 1. The first-order chi connectivity index (χ1) is 39.5. The van der Waals surface area contributed by atoms with Crippen molar-refractivity contribution in [1.29, 1.82) is 0 Å². The van der Waals surface area contributed by atoms with Crippen LogP contribution in [0.2, 0.25) is 0 Å². The number of rotatable bonds is 16. The monoisotopic (exact) mass is 1180 g/mol. The van der Waals surface area contributed by atoms with Crippen molar-refractivity contribution >= 4 is 28.8 Å². The lowest BCUT2D eigenvalue weighted by Gasteiger charge is -2.49. The molecule has 21 nitrogen and oxygen atoms in total. The van der Waals surface area contributed by atoms with Crippen LogP contribution in [0.1, 0.15) is 131 Å². The van der Waals surface area contributed by atoms with Gasteiger partial charge in [-0.1, -0.05) is 32.6 Å². The van der Waals surface area contributed by atoms with Crippen LogP contribution in [0.3, 0.4) is 0 Å². The van der Waals surface area contributed by atoms with E-state index in [1.54, 1.807) is 54.0 Å². The second-order valence-corrected chi connectivity index (χ2v) is 25.1. The zero-order valence-corrected chi connectivity index (χ0v) is 53.3. The summed E-state index contributed by atoms with van der Waals surface area (Å²) in [5.74, 6) is 2.73. The molecule has 21 heteroatoms. The van der Waals surface area contributed by atoms with Crippen molar-refractivity contribution in [2.24, 2.45) is 17.8 Å². The highest BCUT2D eigenvalue weighted by molar-refractivity contribution is 5.94. The number of aliphatic hydroxyl groups is 3. The molecule has 4 saturated heterocycles. The first-order valence-corrected chi connectivity index (χ1v) is 30.4. The average Bonchev–Trinajstić information content (AvgIpc) is 3.66. The van der Waals surface area contributed by atoms with Crippen molar-refractivity contribution in [3.63, 3.8) is 0 Å². The summed E-state index contributed by atoms with van der Waals surface area (Å²) in [5.41, 5.74) is -3.35. The number of aliphatic hydroxyl groups excluding tert-OH is 1. The number of carbonyl (C=O) groups excluding carboxylic acids is 3. The van der Waals surface area contributed by atoms with Gasteiger partial charge in [0.2, 0.25) is 5.43 Å². The smallest absolute Gasteiger partial charge is 0.343 e. The molecule has 1 aromatic carbocycles. The van der Waals surface area contributed by atoms with Crippen LogP contribution in [0.25, 0.3) is 10.9 Å². The fraction of sp³-hybridized carbons (Fsp3) is 0.778. The van der Waals surface area contributed by atoms with E-state index in [4.69, 9.17) is 42.6 Å². The van der Waals surface area contributed by atoms with Crippen molar-refractivity contribution in [3.05, 3.63) is 45.7 Å². The minimum Gasteiger partial charge on any atom is -0.462 e. The van der Waals surface area contributed by atoms with Gasteiger partial charge in [-0.2, -0.15) is 0 Å². The molecule has 0 unspecified atom stereocenters. The number of aryl methyl sites for hydroxylation is 1. The molecule has 2 aromatic rings. The molecule has 4 aliphatic heterocycles. The Kier molecular flexibility index (Phi) is 24.4. The predicted octanol–water partition coefficient (Wildman–Crippen LogP) is 4.68. The van der Waals surface area contributed by atoms with Gasteiger partial charge in [-0.15, -0.1) is 0 Å². The molecule has 0 aliphatic carbocycles. The Morgan fingerprint density at radius 1 is 0.893 bits per heavy atom. The van der Waals surface area contributed by atoms with E-state index in [1.165, 1.54) is 7.11 Å². The number of carbonyl (C=O) groups is 3.